The van der Waals surface area contributed by atoms with Crippen LogP contribution in [0.5, 0.6) is 0 Å². The van der Waals surface area contributed by atoms with Crippen LogP contribution in [0, 0.1) is 11.6 Å². The lowest BCUT2D eigenvalue weighted by molar-refractivity contribution is -0.117. The molecule has 7 heteroatoms. The summed E-state index contributed by atoms with van der Waals surface area (Å²) >= 11 is 6.02. The number of rotatable bonds is 4. The molecule has 3 rings (SSSR count). The number of carbonyl (C=O) groups is 1. The minimum atomic E-state index is -0.979. The Morgan fingerprint density at radius 2 is 1.80 bits per heavy atom. The summed E-state index contributed by atoms with van der Waals surface area (Å²) in [6, 6.07) is 11.0. The van der Waals surface area contributed by atoms with Crippen molar-refractivity contribution in [2.45, 2.75) is 0 Å². The molecule has 0 radical (unpaired) electrons. The summed E-state index contributed by atoms with van der Waals surface area (Å²) in [7, 11) is 0. The maximum Gasteiger partial charge on any atom is 0.238 e. The lowest BCUT2D eigenvalue weighted by Gasteiger charge is -2.35. The van der Waals surface area contributed by atoms with Crippen LogP contribution in [0.15, 0.2) is 42.5 Å². The number of hydrogen-bond donors (Lipinski definition) is 1. The first-order chi connectivity index (χ1) is 12.0. The fraction of sp³-hybridized carbons (Fsp3) is 0.278. The molecule has 2 aromatic rings. The van der Waals surface area contributed by atoms with E-state index in [2.05, 4.69) is 10.2 Å². The van der Waals surface area contributed by atoms with Crippen LogP contribution in [0.4, 0.5) is 20.2 Å². The van der Waals surface area contributed by atoms with E-state index in [0.29, 0.717) is 5.02 Å². The Balaban J connectivity index is 1.50. The molecule has 2 aromatic carbocycles. The second-order valence-corrected chi connectivity index (χ2v) is 6.36. The first kappa shape index (κ1) is 17.6. The van der Waals surface area contributed by atoms with Gasteiger partial charge in [-0.25, -0.2) is 8.78 Å². The van der Waals surface area contributed by atoms with Gasteiger partial charge in [-0.3, -0.25) is 9.69 Å². The average molecular weight is 366 g/mol. The highest BCUT2D eigenvalue weighted by molar-refractivity contribution is 6.30. The maximum absolute atomic E-state index is 13.2. The molecule has 0 aliphatic carbocycles. The number of amides is 1. The average Bonchev–Trinajstić information content (AvgIpc) is 2.59. The zero-order valence-electron chi connectivity index (χ0n) is 13.5. The monoisotopic (exact) mass is 365 g/mol. The highest BCUT2D eigenvalue weighted by atomic mass is 35.5. The number of hydrogen-bond acceptors (Lipinski definition) is 3. The largest absolute Gasteiger partial charge is 0.369 e. The van der Waals surface area contributed by atoms with Crippen molar-refractivity contribution < 1.29 is 13.6 Å². The van der Waals surface area contributed by atoms with Gasteiger partial charge >= 0.3 is 0 Å². The molecule has 1 N–H and O–H groups in total. The number of carbonyl (C=O) groups excluding carboxylic acids is 1. The molecule has 0 unspecified atom stereocenters. The van der Waals surface area contributed by atoms with Crippen molar-refractivity contribution in [3.8, 4) is 0 Å². The molecular formula is C18H18ClF2N3O. The molecule has 1 amide bonds. The van der Waals surface area contributed by atoms with Crippen molar-refractivity contribution in [1.29, 1.82) is 0 Å². The number of halogens is 3. The minimum absolute atomic E-state index is 0.211. The predicted molar refractivity (Wildman–Crippen MR) is 95.1 cm³/mol. The van der Waals surface area contributed by atoms with Crippen LogP contribution < -0.4 is 10.2 Å². The predicted octanol–water partition coefficient (Wildman–Crippen LogP) is 3.38. The Morgan fingerprint density at radius 1 is 1.04 bits per heavy atom. The Morgan fingerprint density at radius 3 is 2.48 bits per heavy atom. The summed E-state index contributed by atoms with van der Waals surface area (Å²) in [5.74, 6) is -2.16. The van der Waals surface area contributed by atoms with Crippen LogP contribution in [-0.4, -0.2) is 43.5 Å². The first-order valence-corrected chi connectivity index (χ1v) is 8.37. The molecule has 0 aromatic heterocycles. The number of benzene rings is 2. The Hall–Kier alpha value is -2.18. The van der Waals surface area contributed by atoms with Crippen molar-refractivity contribution in [3.63, 3.8) is 0 Å². The third kappa shape index (κ3) is 4.67. The summed E-state index contributed by atoms with van der Waals surface area (Å²) in [5, 5.41) is 3.29. The van der Waals surface area contributed by atoms with E-state index in [1.807, 2.05) is 29.2 Å². The molecule has 1 fully saturated rings. The van der Waals surface area contributed by atoms with Crippen molar-refractivity contribution in [2.75, 3.05) is 42.9 Å². The van der Waals surface area contributed by atoms with Crippen LogP contribution in [-0.2, 0) is 4.79 Å². The smallest absolute Gasteiger partial charge is 0.238 e. The second-order valence-electron chi connectivity index (χ2n) is 5.92. The number of nitrogens with zero attached hydrogens (tertiary/aromatic N) is 2. The van der Waals surface area contributed by atoms with Gasteiger partial charge in [0.1, 0.15) is 0 Å². The van der Waals surface area contributed by atoms with Gasteiger partial charge in [-0.1, -0.05) is 17.7 Å². The topological polar surface area (TPSA) is 35.6 Å². The summed E-state index contributed by atoms with van der Waals surface area (Å²) in [4.78, 5) is 16.3. The molecule has 1 saturated heterocycles. The zero-order chi connectivity index (χ0) is 17.8. The summed E-state index contributed by atoms with van der Waals surface area (Å²) in [5.41, 5.74) is 1.32. The van der Waals surface area contributed by atoms with E-state index in [1.54, 1.807) is 0 Å². The molecule has 0 bridgehead atoms. The molecule has 4 nitrogen and oxygen atoms in total. The van der Waals surface area contributed by atoms with Gasteiger partial charge in [0.25, 0.3) is 0 Å². The van der Waals surface area contributed by atoms with Crippen LogP contribution >= 0.6 is 11.6 Å². The van der Waals surface area contributed by atoms with E-state index in [0.717, 1.165) is 44.0 Å². The molecule has 1 aliphatic rings. The minimum Gasteiger partial charge on any atom is -0.369 e. The molecule has 0 spiro atoms. The van der Waals surface area contributed by atoms with E-state index in [4.69, 9.17) is 11.6 Å². The number of anilines is 2. The molecule has 25 heavy (non-hydrogen) atoms. The highest BCUT2D eigenvalue weighted by Gasteiger charge is 2.19. The summed E-state index contributed by atoms with van der Waals surface area (Å²) < 4.78 is 26.1. The van der Waals surface area contributed by atoms with Gasteiger partial charge in [-0.05, 0) is 30.3 Å². The molecule has 0 saturated carbocycles. The van der Waals surface area contributed by atoms with Gasteiger partial charge in [-0.2, -0.15) is 0 Å². The lowest BCUT2D eigenvalue weighted by atomic mass is 10.2. The highest BCUT2D eigenvalue weighted by Crippen LogP contribution is 2.20. The molecular weight excluding hydrogens is 348 g/mol. The van der Waals surface area contributed by atoms with E-state index < -0.39 is 11.6 Å². The third-order valence-corrected chi connectivity index (χ3v) is 4.35. The Bertz CT molecular complexity index is 764. The van der Waals surface area contributed by atoms with Crippen LogP contribution in [0.1, 0.15) is 0 Å². The van der Waals surface area contributed by atoms with Crippen molar-refractivity contribution in [2.24, 2.45) is 0 Å². The van der Waals surface area contributed by atoms with E-state index in [9.17, 15) is 13.6 Å². The van der Waals surface area contributed by atoms with Gasteiger partial charge < -0.3 is 10.2 Å². The standard InChI is InChI=1S/C18H18ClF2N3O/c19-13-2-1-3-15(10-13)24-8-6-23(7-9-24)12-18(25)22-14-4-5-16(20)17(21)11-14/h1-5,10-11H,6-9,12H2,(H,22,25). The van der Waals surface area contributed by atoms with Crippen LogP contribution in [0.2, 0.25) is 5.02 Å². The SMILES string of the molecule is O=C(CN1CCN(c2cccc(Cl)c2)CC1)Nc1ccc(F)c(F)c1. The maximum atomic E-state index is 13.2. The van der Waals surface area contributed by atoms with Crippen LogP contribution in [0.25, 0.3) is 0 Å². The fourth-order valence-corrected chi connectivity index (χ4v) is 3.00. The van der Waals surface area contributed by atoms with Gasteiger partial charge in [0.15, 0.2) is 11.6 Å². The van der Waals surface area contributed by atoms with Crippen molar-refractivity contribution in [3.05, 3.63) is 59.1 Å². The van der Waals surface area contributed by atoms with E-state index in [1.165, 1.54) is 6.07 Å². The lowest BCUT2D eigenvalue weighted by Crippen LogP contribution is -2.48. The van der Waals surface area contributed by atoms with Gasteiger partial charge in [0, 0.05) is 48.6 Å². The summed E-state index contributed by atoms with van der Waals surface area (Å²) in [6.07, 6.45) is 0. The quantitative estimate of drug-likeness (QED) is 0.902. The molecule has 1 aliphatic heterocycles. The Kier molecular flexibility index (Phi) is 5.50. The molecule has 1 heterocycles. The molecule has 0 atom stereocenters. The van der Waals surface area contributed by atoms with E-state index in [-0.39, 0.29) is 18.1 Å². The number of piperazine rings is 1. The van der Waals surface area contributed by atoms with Gasteiger partial charge in [0.2, 0.25) is 5.91 Å². The van der Waals surface area contributed by atoms with E-state index >= 15 is 0 Å². The first-order valence-electron chi connectivity index (χ1n) is 7.99. The number of nitrogens with one attached hydrogen (secondary N) is 1. The second kappa shape index (κ2) is 7.80. The normalized spacial score (nSPS) is 15.2. The zero-order valence-corrected chi connectivity index (χ0v) is 14.3. The van der Waals surface area contributed by atoms with Crippen LogP contribution in [0.3, 0.4) is 0 Å². The van der Waals surface area contributed by atoms with Gasteiger partial charge in [0.05, 0.1) is 6.54 Å². The van der Waals surface area contributed by atoms with Crippen molar-refractivity contribution in [1.82, 2.24) is 4.90 Å². The third-order valence-electron chi connectivity index (χ3n) is 4.12. The fourth-order valence-electron chi connectivity index (χ4n) is 2.81. The summed E-state index contributed by atoms with van der Waals surface area (Å²) in [6.45, 7) is 3.26. The van der Waals surface area contributed by atoms with Gasteiger partial charge in [-0.15, -0.1) is 0 Å². The molecule has 132 valence electrons. The van der Waals surface area contributed by atoms with Crippen molar-refractivity contribution >= 4 is 28.9 Å². The Labute approximate surface area is 150 Å².